The molecule has 1 amide bonds. The minimum atomic E-state index is -0.341. The Morgan fingerprint density at radius 2 is 2.03 bits per heavy atom. The summed E-state index contributed by atoms with van der Waals surface area (Å²) in [4.78, 5) is 25.1. The third kappa shape index (κ3) is 4.20. The first kappa shape index (κ1) is 22.6. The molecule has 1 aliphatic heterocycles. The first-order valence-electron chi connectivity index (χ1n) is 11.4. The zero-order valence-corrected chi connectivity index (χ0v) is 20.9. The fourth-order valence-corrected chi connectivity index (χ4v) is 6.18. The highest BCUT2D eigenvalue weighted by atomic mass is 32.1. The van der Waals surface area contributed by atoms with Crippen molar-refractivity contribution in [1.82, 2.24) is 14.9 Å². The molecule has 180 valence electrons. The first-order chi connectivity index (χ1) is 17.6. The van der Waals surface area contributed by atoms with Gasteiger partial charge in [-0.15, -0.1) is 22.7 Å². The second-order valence-electron chi connectivity index (χ2n) is 8.49. The van der Waals surface area contributed by atoms with Crippen LogP contribution in [-0.2, 0) is 11.3 Å². The fourth-order valence-electron chi connectivity index (χ4n) is 4.35. The minimum absolute atomic E-state index is 0.137. The van der Waals surface area contributed by atoms with Crippen LogP contribution in [0.15, 0.2) is 72.4 Å². The van der Waals surface area contributed by atoms with Crippen LogP contribution < -0.4 is 5.32 Å². The van der Waals surface area contributed by atoms with Crippen molar-refractivity contribution in [3.63, 3.8) is 0 Å². The van der Waals surface area contributed by atoms with Crippen LogP contribution in [0.1, 0.15) is 17.4 Å². The van der Waals surface area contributed by atoms with E-state index in [1.165, 1.54) is 17.4 Å². The van der Waals surface area contributed by atoms with E-state index in [2.05, 4.69) is 27.4 Å². The Bertz CT molecular complexity index is 1610. The van der Waals surface area contributed by atoms with E-state index in [0.717, 1.165) is 42.1 Å². The number of fused-ring (bicyclic) bond motifs is 2. The van der Waals surface area contributed by atoms with Crippen molar-refractivity contribution >= 4 is 66.1 Å². The molecule has 36 heavy (non-hydrogen) atoms. The van der Waals surface area contributed by atoms with E-state index in [1.807, 2.05) is 43.3 Å². The number of carbonyl (C=O) groups excluding carboxylic acids is 1. The number of aromatic nitrogens is 2. The van der Waals surface area contributed by atoms with Crippen molar-refractivity contribution in [3.05, 3.63) is 88.6 Å². The van der Waals surface area contributed by atoms with Gasteiger partial charge in [-0.2, -0.15) is 0 Å². The van der Waals surface area contributed by atoms with Gasteiger partial charge in [-0.05, 0) is 42.3 Å². The maximum Gasteiger partial charge on any atom is 0.410 e. The van der Waals surface area contributed by atoms with Gasteiger partial charge < -0.3 is 10.1 Å². The molecule has 0 radical (unpaired) electrons. The molecule has 0 spiro atoms. The van der Waals surface area contributed by atoms with Crippen LogP contribution in [0.3, 0.4) is 0 Å². The van der Waals surface area contributed by atoms with Crippen molar-refractivity contribution in [2.24, 2.45) is 0 Å². The lowest BCUT2D eigenvalue weighted by atomic mass is 10.1. The predicted octanol–water partition coefficient (Wildman–Crippen LogP) is 7.21. The summed E-state index contributed by atoms with van der Waals surface area (Å²) in [6.07, 6.45) is 3.43. The highest BCUT2D eigenvalue weighted by Crippen LogP contribution is 2.39. The maximum absolute atomic E-state index is 14.7. The van der Waals surface area contributed by atoms with E-state index >= 15 is 0 Å². The monoisotopic (exact) mass is 516 g/mol. The van der Waals surface area contributed by atoms with Crippen LogP contribution in [-0.4, -0.2) is 33.5 Å². The van der Waals surface area contributed by atoms with Crippen molar-refractivity contribution in [2.45, 2.75) is 19.6 Å². The molecule has 3 aromatic heterocycles. The Morgan fingerprint density at radius 3 is 2.89 bits per heavy atom. The van der Waals surface area contributed by atoms with Crippen LogP contribution in [0.5, 0.6) is 0 Å². The average molecular weight is 517 g/mol. The number of nitrogens with one attached hydrogen (secondary N) is 1. The molecular weight excluding hydrogens is 495 g/mol. The van der Waals surface area contributed by atoms with Crippen LogP contribution in [0.25, 0.3) is 26.0 Å². The number of amides is 1. The van der Waals surface area contributed by atoms with Crippen molar-refractivity contribution in [2.75, 3.05) is 11.9 Å². The molecule has 0 aliphatic carbocycles. The van der Waals surface area contributed by atoms with Crippen molar-refractivity contribution < 1.29 is 13.9 Å². The number of carbonyl (C=O) groups is 1. The Morgan fingerprint density at radius 1 is 1.17 bits per heavy atom. The Hall–Kier alpha value is -3.82. The van der Waals surface area contributed by atoms with Crippen LogP contribution in [0.2, 0.25) is 0 Å². The molecule has 6 nitrogen and oxygen atoms in total. The summed E-state index contributed by atoms with van der Waals surface area (Å²) in [6, 6.07) is 16.6. The normalized spacial score (nSPS) is 15.4. The number of hydrogen-bond acceptors (Lipinski definition) is 7. The topological polar surface area (TPSA) is 67.4 Å². The number of hydrogen-bond donors (Lipinski definition) is 1. The van der Waals surface area contributed by atoms with Gasteiger partial charge in [0.2, 0.25) is 0 Å². The van der Waals surface area contributed by atoms with Gasteiger partial charge in [0.25, 0.3) is 0 Å². The maximum atomic E-state index is 14.7. The average Bonchev–Trinajstić information content (AvgIpc) is 3.61. The van der Waals surface area contributed by atoms with Gasteiger partial charge in [0, 0.05) is 23.0 Å². The lowest BCUT2D eigenvalue weighted by molar-refractivity contribution is 0.0977. The molecule has 1 unspecified atom stereocenters. The summed E-state index contributed by atoms with van der Waals surface area (Å²) in [6.45, 7) is 2.72. The molecule has 1 atom stereocenters. The van der Waals surface area contributed by atoms with Gasteiger partial charge in [-0.3, -0.25) is 4.90 Å². The molecule has 0 bridgehead atoms. The molecule has 0 fully saturated rings. The molecule has 0 saturated heterocycles. The summed E-state index contributed by atoms with van der Waals surface area (Å²) in [5, 5.41) is 4.12. The SMILES string of the molecule is CC1C(c2cc3c(Nc4cc5ncsc5cc4F)ccnc3s2)=CCN1C(=O)OCc1ccccc1. The summed E-state index contributed by atoms with van der Waals surface area (Å²) >= 11 is 2.96. The fraction of sp³-hybridized carbons (Fsp3) is 0.148. The minimum Gasteiger partial charge on any atom is -0.445 e. The predicted molar refractivity (Wildman–Crippen MR) is 143 cm³/mol. The first-order valence-corrected chi connectivity index (χ1v) is 13.1. The largest absolute Gasteiger partial charge is 0.445 e. The number of ether oxygens (including phenoxy) is 1. The number of pyridine rings is 1. The van der Waals surface area contributed by atoms with Crippen LogP contribution in [0.4, 0.5) is 20.6 Å². The van der Waals surface area contributed by atoms with E-state index in [9.17, 15) is 9.18 Å². The van der Waals surface area contributed by atoms with Crippen molar-refractivity contribution in [1.29, 1.82) is 0 Å². The summed E-state index contributed by atoms with van der Waals surface area (Å²) in [5.41, 5.74) is 5.60. The van der Waals surface area contributed by atoms with Gasteiger partial charge in [0.15, 0.2) is 0 Å². The lowest BCUT2D eigenvalue weighted by Gasteiger charge is -2.23. The standard InChI is InChI=1S/C27H21FN4O2S2/c1-16-18(8-10-32(16)27(33)34-14-17-5-3-2-4-6-17)24-11-19-21(7-9-29-26(19)36-24)31-22-13-23-25(12-20(22)28)35-15-30-23/h2-9,11-13,15-16H,10,14H2,1H3,(H,29,31). The number of benzene rings is 2. The number of rotatable bonds is 5. The van der Waals surface area contributed by atoms with Crippen molar-refractivity contribution in [3.8, 4) is 0 Å². The molecule has 2 aromatic carbocycles. The van der Waals surface area contributed by atoms with E-state index in [-0.39, 0.29) is 24.6 Å². The summed E-state index contributed by atoms with van der Waals surface area (Å²) < 4.78 is 21.1. The Kier molecular flexibility index (Phi) is 5.86. The van der Waals surface area contributed by atoms with Gasteiger partial charge in [-0.1, -0.05) is 36.4 Å². The highest BCUT2D eigenvalue weighted by Gasteiger charge is 2.30. The summed E-state index contributed by atoms with van der Waals surface area (Å²) in [5.74, 6) is -0.330. The van der Waals surface area contributed by atoms with Gasteiger partial charge in [0.1, 0.15) is 17.3 Å². The molecular formula is C27H21FN4O2S2. The smallest absolute Gasteiger partial charge is 0.410 e. The molecule has 5 aromatic rings. The molecule has 9 heteroatoms. The highest BCUT2D eigenvalue weighted by molar-refractivity contribution is 7.19. The van der Waals surface area contributed by atoms with E-state index < -0.39 is 0 Å². The molecule has 6 rings (SSSR count). The second-order valence-corrected chi connectivity index (χ2v) is 10.4. The Balaban J connectivity index is 1.22. The third-order valence-electron chi connectivity index (χ3n) is 6.27. The van der Waals surface area contributed by atoms with Gasteiger partial charge in [-0.25, -0.2) is 19.2 Å². The third-order valence-corrected chi connectivity index (χ3v) is 8.16. The van der Waals surface area contributed by atoms with Crippen LogP contribution in [0, 0.1) is 5.82 Å². The molecule has 0 saturated carbocycles. The van der Waals surface area contributed by atoms with E-state index in [1.54, 1.807) is 34.0 Å². The van der Waals surface area contributed by atoms with Gasteiger partial charge >= 0.3 is 6.09 Å². The molecule has 1 aliphatic rings. The number of anilines is 2. The number of thiazole rings is 1. The van der Waals surface area contributed by atoms with Crippen LogP contribution >= 0.6 is 22.7 Å². The number of halogens is 1. The summed E-state index contributed by atoms with van der Waals surface area (Å²) in [7, 11) is 0. The molecule has 1 N–H and O–H groups in total. The number of thiophene rings is 1. The second kappa shape index (κ2) is 9.33. The number of nitrogens with zero attached hydrogens (tertiary/aromatic N) is 3. The molecule has 4 heterocycles. The van der Waals surface area contributed by atoms with E-state index in [0.29, 0.717) is 12.2 Å². The quantitative estimate of drug-likeness (QED) is 0.267. The zero-order valence-electron chi connectivity index (χ0n) is 19.3. The Labute approximate surface area is 214 Å². The van der Waals surface area contributed by atoms with Gasteiger partial charge in [0.05, 0.1) is 33.1 Å². The lowest BCUT2D eigenvalue weighted by Crippen LogP contribution is -2.35. The van der Waals surface area contributed by atoms with E-state index in [4.69, 9.17) is 4.74 Å². The zero-order chi connectivity index (χ0) is 24.6.